The first kappa shape index (κ1) is 13.6. The van der Waals surface area contributed by atoms with Crippen LogP contribution in [0.1, 0.15) is 43.0 Å². The van der Waals surface area contributed by atoms with Crippen molar-refractivity contribution in [3.8, 4) is 5.75 Å². The van der Waals surface area contributed by atoms with Crippen molar-refractivity contribution in [1.82, 2.24) is 0 Å². The van der Waals surface area contributed by atoms with E-state index in [0.717, 1.165) is 25.0 Å². The van der Waals surface area contributed by atoms with Gasteiger partial charge in [0.25, 0.3) is 0 Å². The number of ketones is 1. The van der Waals surface area contributed by atoms with E-state index in [1.54, 1.807) is 0 Å². The van der Waals surface area contributed by atoms with Crippen LogP contribution < -0.4 is 4.74 Å². The number of rotatable bonds is 6. The summed E-state index contributed by atoms with van der Waals surface area (Å²) in [5.41, 5.74) is -0.457. The van der Waals surface area contributed by atoms with E-state index in [9.17, 15) is 13.6 Å². The smallest absolute Gasteiger partial charge is 0.168 e. The number of halogens is 2. The average molecular weight is 242 g/mol. The molecule has 0 atom stereocenters. The highest BCUT2D eigenvalue weighted by atomic mass is 19.1. The molecule has 2 nitrogen and oxygen atoms in total. The maximum Gasteiger partial charge on any atom is 0.168 e. The Morgan fingerprint density at radius 3 is 2.29 bits per heavy atom. The first-order valence-electron chi connectivity index (χ1n) is 5.66. The van der Waals surface area contributed by atoms with Crippen molar-refractivity contribution >= 4 is 5.78 Å². The van der Waals surface area contributed by atoms with Gasteiger partial charge in [-0.2, -0.15) is 0 Å². The average Bonchev–Trinajstić information content (AvgIpc) is 2.28. The molecule has 0 unspecified atom stereocenters. The molecule has 0 aliphatic heterocycles. The zero-order valence-corrected chi connectivity index (χ0v) is 10.1. The second kappa shape index (κ2) is 6.33. The summed E-state index contributed by atoms with van der Waals surface area (Å²) < 4.78 is 31.8. The van der Waals surface area contributed by atoms with Gasteiger partial charge in [0.05, 0.1) is 12.7 Å². The Morgan fingerprint density at radius 2 is 1.82 bits per heavy atom. The monoisotopic (exact) mass is 242 g/mol. The minimum atomic E-state index is -0.858. The maximum absolute atomic E-state index is 13.5. The third-order valence-electron chi connectivity index (χ3n) is 2.54. The fraction of sp³-hybridized carbons (Fsp3) is 0.462. The third kappa shape index (κ3) is 3.51. The van der Waals surface area contributed by atoms with E-state index >= 15 is 0 Å². The van der Waals surface area contributed by atoms with Crippen LogP contribution in [0.2, 0.25) is 0 Å². The lowest BCUT2D eigenvalue weighted by atomic mass is 10.0. The molecule has 0 spiro atoms. The zero-order valence-electron chi connectivity index (χ0n) is 10.1. The van der Waals surface area contributed by atoms with Crippen LogP contribution in [-0.4, -0.2) is 12.9 Å². The molecule has 0 fully saturated rings. The van der Waals surface area contributed by atoms with Gasteiger partial charge in [0, 0.05) is 18.6 Å². The van der Waals surface area contributed by atoms with Crippen LogP contribution in [0.5, 0.6) is 5.75 Å². The van der Waals surface area contributed by atoms with Gasteiger partial charge in [0.2, 0.25) is 0 Å². The van der Waals surface area contributed by atoms with Gasteiger partial charge < -0.3 is 4.74 Å². The summed E-state index contributed by atoms with van der Waals surface area (Å²) in [5, 5.41) is 0. The molecule has 0 N–H and O–H groups in total. The number of carbonyl (C=O) groups excluding carboxylic acids is 1. The highest BCUT2D eigenvalue weighted by Gasteiger charge is 2.18. The number of ether oxygens (including phenoxy) is 1. The number of methoxy groups -OCH3 is 1. The van der Waals surface area contributed by atoms with Crippen molar-refractivity contribution in [3.63, 3.8) is 0 Å². The van der Waals surface area contributed by atoms with Gasteiger partial charge in [-0.3, -0.25) is 4.79 Å². The Bertz CT molecular complexity index is 379. The minimum Gasteiger partial charge on any atom is -0.497 e. The fourth-order valence-corrected chi connectivity index (χ4v) is 1.59. The normalized spacial score (nSPS) is 10.4. The molecule has 0 aromatic heterocycles. The lowest BCUT2D eigenvalue weighted by Crippen LogP contribution is -2.06. The molecule has 0 radical (unpaired) electrons. The second-order valence-corrected chi connectivity index (χ2v) is 3.85. The maximum atomic E-state index is 13.5. The van der Waals surface area contributed by atoms with Gasteiger partial charge in [0.15, 0.2) is 5.78 Å². The minimum absolute atomic E-state index is 0.0742. The molecule has 0 heterocycles. The molecule has 0 aliphatic carbocycles. The molecule has 0 bridgehead atoms. The molecule has 0 aliphatic rings. The van der Waals surface area contributed by atoms with E-state index in [4.69, 9.17) is 4.74 Å². The molecule has 1 rings (SSSR count). The van der Waals surface area contributed by atoms with E-state index in [1.165, 1.54) is 7.11 Å². The Labute approximate surface area is 99.6 Å². The SMILES string of the molecule is CCCCCC(=O)c1c(F)cc(OC)cc1F. The summed E-state index contributed by atoms with van der Waals surface area (Å²) in [7, 11) is 1.32. The number of carbonyl (C=O) groups is 1. The zero-order chi connectivity index (χ0) is 12.8. The molecule has 1 aromatic carbocycles. The number of benzene rings is 1. The van der Waals surface area contributed by atoms with Crippen molar-refractivity contribution < 1.29 is 18.3 Å². The van der Waals surface area contributed by atoms with Crippen LogP contribution in [0.4, 0.5) is 8.78 Å². The van der Waals surface area contributed by atoms with Gasteiger partial charge in [0.1, 0.15) is 17.4 Å². The first-order valence-corrected chi connectivity index (χ1v) is 5.66. The Balaban J connectivity index is 2.86. The van der Waals surface area contributed by atoms with Crippen molar-refractivity contribution in [2.45, 2.75) is 32.6 Å². The molecular weight excluding hydrogens is 226 g/mol. The lowest BCUT2D eigenvalue weighted by molar-refractivity contribution is 0.0971. The Kier molecular flexibility index (Phi) is 5.07. The first-order chi connectivity index (χ1) is 8.10. The molecule has 4 heteroatoms. The topological polar surface area (TPSA) is 26.3 Å². The summed E-state index contributed by atoms with van der Waals surface area (Å²) in [6.07, 6.45) is 2.67. The molecule has 1 aromatic rings. The largest absolute Gasteiger partial charge is 0.497 e. The Morgan fingerprint density at radius 1 is 1.24 bits per heavy atom. The molecule has 94 valence electrons. The van der Waals surface area contributed by atoms with Crippen LogP contribution in [0.15, 0.2) is 12.1 Å². The summed E-state index contributed by atoms with van der Waals surface area (Å²) in [4.78, 5) is 11.6. The van der Waals surface area contributed by atoms with E-state index in [2.05, 4.69) is 0 Å². The Hall–Kier alpha value is -1.45. The van der Waals surface area contributed by atoms with Crippen LogP contribution in [0, 0.1) is 11.6 Å². The van der Waals surface area contributed by atoms with Crippen molar-refractivity contribution in [2.75, 3.05) is 7.11 Å². The molecule has 0 saturated carbocycles. The van der Waals surface area contributed by atoms with Gasteiger partial charge in [-0.05, 0) is 6.42 Å². The van der Waals surface area contributed by atoms with Crippen LogP contribution in [0.25, 0.3) is 0 Å². The van der Waals surface area contributed by atoms with E-state index in [0.29, 0.717) is 6.42 Å². The van der Waals surface area contributed by atoms with Crippen LogP contribution >= 0.6 is 0 Å². The second-order valence-electron chi connectivity index (χ2n) is 3.85. The van der Waals surface area contributed by atoms with Gasteiger partial charge in [-0.15, -0.1) is 0 Å². The van der Waals surface area contributed by atoms with Crippen LogP contribution in [0.3, 0.4) is 0 Å². The predicted molar refractivity (Wildman–Crippen MR) is 61.4 cm³/mol. The van der Waals surface area contributed by atoms with Crippen molar-refractivity contribution in [2.24, 2.45) is 0 Å². The highest BCUT2D eigenvalue weighted by Crippen LogP contribution is 2.22. The standard InChI is InChI=1S/C13H16F2O2/c1-3-4-5-6-12(16)13-10(14)7-9(17-2)8-11(13)15/h7-8H,3-6H2,1-2H3. The molecule has 0 amide bonds. The fourth-order valence-electron chi connectivity index (χ4n) is 1.59. The van der Waals surface area contributed by atoms with Gasteiger partial charge >= 0.3 is 0 Å². The molecule has 0 saturated heterocycles. The summed E-state index contributed by atoms with van der Waals surface area (Å²) >= 11 is 0. The third-order valence-corrected chi connectivity index (χ3v) is 2.54. The van der Waals surface area contributed by atoms with Crippen molar-refractivity contribution in [1.29, 1.82) is 0 Å². The molecular formula is C13H16F2O2. The highest BCUT2D eigenvalue weighted by molar-refractivity contribution is 5.96. The van der Waals surface area contributed by atoms with Crippen molar-refractivity contribution in [3.05, 3.63) is 29.3 Å². The van der Waals surface area contributed by atoms with Gasteiger partial charge in [-0.25, -0.2) is 8.78 Å². The van der Waals surface area contributed by atoms with Crippen LogP contribution in [-0.2, 0) is 0 Å². The van der Waals surface area contributed by atoms with E-state index in [1.807, 2.05) is 6.92 Å². The van der Waals surface area contributed by atoms with E-state index < -0.39 is 23.0 Å². The number of Topliss-reactive ketones (excluding diaryl/α,β-unsaturated/α-hetero) is 1. The quantitative estimate of drug-likeness (QED) is 0.561. The summed E-state index contributed by atoms with van der Waals surface area (Å²) in [6, 6.07) is 2.05. The molecule has 17 heavy (non-hydrogen) atoms. The number of hydrogen-bond donors (Lipinski definition) is 0. The van der Waals surface area contributed by atoms with Gasteiger partial charge in [-0.1, -0.05) is 19.8 Å². The number of unbranched alkanes of at least 4 members (excludes halogenated alkanes) is 2. The summed E-state index contributed by atoms with van der Waals surface area (Å²) in [6.45, 7) is 2.00. The predicted octanol–water partition coefficient (Wildman–Crippen LogP) is 3.74. The summed E-state index contributed by atoms with van der Waals surface area (Å²) in [5.74, 6) is -2.13. The number of hydrogen-bond acceptors (Lipinski definition) is 2. The lowest BCUT2D eigenvalue weighted by Gasteiger charge is -2.06. The van der Waals surface area contributed by atoms with E-state index in [-0.39, 0.29) is 12.2 Å².